The third kappa shape index (κ3) is 5.16. The van der Waals surface area contributed by atoms with E-state index in [2.05, 4.69) is 4.72 Å². The highest BCUT2D eigenvalue weighted by molar-refractivity contribution is 7.89. The predicted molar refractivity (Wildman–Crippen MR) is 70.8 cm³/mol. The SMILES string of the molecule is CCCCS(=O)(=O)NCC(OC)c1ccsc1. The highest BCUT2D eigenvalue weighted by Gasteiger charge is 2.15. The van der Waals surface area contributed by atoms with Crippen LogP contribution in [0, 0.1) is 0 Å². The largest absolute Gasteiger partial charge is 0.375 e. The molecule has 0 aliphatic heterocycles. The van der Waals surface area contributed by atoms with E-state index in [9.17, 15) is 8.42 Å². The summed E-state index contributed by atoms with van der Waals surface area (Å²) in [6.07, 6.45) is 1.35. The molecule has 17 heavy (non-hydrogen) atoms. The summed E-state index contributed by atoms with van der Waals surface area (Å²) in [5.41, 5.74) is 1.01. The van der Waals surface area contributed by atoms with Crippen LogP contribution in [-0.4, -0.2) is 27.8 Å². The third-order valence-corrected chi connectivity index (χ3v) is 4.59. The zero-order chi connectivity index (χ0) is 12.7. The summed E-state index contributed by atoms with van der Waals surface area (Å²) in [4.78, 5) is 0. The van der Waals surface area contributed by atoms with Crippen molar-refractivity contribution < 1.29 is 13.2 Å². The van der Waals surface area contributed by atoms with Gasteiger partial charge in [0.25, 0.3) is 0 Å². The zero-order valence-corrected chi connectivity index (χ0v) is 11.8. The molecule has 0 radical (unpaired) electrons. The molecule has 0 aromatic carbocycles. The van der Waals surface area contributed by atoms with E-state index in [0.29, 0.717) is 13.0 Å². The molecule has 98 valence electrons. The monoisotopic (exact) mass is 277 g/mol. The highest BCUT2D eigenvalue weighted by atomic mass is 32.2. The highest BCUT2D eigenvalue weighted by Crippen LogP contribution is 2.18. The molecular weight excluding hydrogens is 258 g/mol. The minimum absolute atomic E-state index is 0.184. The summed E-state index contributed by atoms with van der Waals surface area (Å²) < 4.78 is 31.1. The van der Waals surface area contributed by atoms with Gasteiger partial charge in [-0.3, -0.25) is 0 Å². The van der Waals surface area contributed by atoms with Crippen molar-refractivity contribution in [2.75, 3.05) is 19.4 Å². The molecule has 1 atom stereocenters. The Labute approximate surface area is 107 Å². The van der Waals surface area contributed by atoms with Crippen LogP contribution in [0.15, 0.2) is 16.8 Å². The number of methoxy groups -OCH3 is 1. The van der Waals surface area contributed by atoms with Crippen molar-refractivity contribution in [3.63, 3.8) is 0 Å². The van der Waals surface area contributed by atoms with Gasteiger partial charge in [-0.25, -0.2) is 13.1 Å². The summed E-state index contributed by atoms with van der Waals surface area (Å²) in [5, 5.41) is 3.92. The van der Waals surface area contributed by atoms with Gasteiger partial charge in [-0.1, -0.05) is 13.3 Å². The van der Waals surface area contributed by atoms with Gasteiger partial charge in [-0.15, -0.1) is 0 Å². The van der Waals surface area contributed by atoms with E-state index in [4.69, 9.17) is 4.74 Å². The number of rotatable bonds is 8. The number of nitrogens with one attached hydrogen (secondary N) is 1. The molecule has 0 aliphatic rings. The van der Waals surface area contributed by atoms with E-state index in [1.165, 1.54) is 0 Å². The van der Waals surface area contributed by atoms with Crippen molar-refractivity contribution in [2.45, 2.75) is 25.9 Å². The molecule has 1 heterocycles. The van der Waals surface area contributed by atoms with Gasteiger partial charge in [0.15, 0.2) is 0 Å². The number of hydrogen-bond acceptors (Lipinski definition) is 4. The number of unbranched alkanes of at least 4 members (excludes halogenated alkanes) is 1. The lowest BCUT2D eigenvalue weighted by Crippen LogP contribution is -2.31. The molecule has 1 rings (SSSR count). The van der Waals surface area contributed by atoms with Gasteiger partial charge in [0, 0.05) is 13.7 Å². The molecule has 0 bridgehead atoms. The summed E-state index contributed by atoms with van der Waals surface area (Å²) >= 11 is 1.57. The number of hydrogen-bond donors (Lipinski definition) is 1. The summed E-state index contributed by atoms with van der Waals surface area (Å²) in [7, 11) is -1.58. The lowest BCUT2D eigenvalue weighted by atomic mass is 10.2. The Bertz CT molecular complexity index is 400. The number of ether oxygens (including phenoxy) is 1. The first-order valence-corrected chi connectivity index (χ1v) is 8.20. The van der Waals surface area contributed by atoms with Crippen molar-refractivity contribution in [3.8, 4) is 0 Å². The van der Waals surface area contributed by atoms with E-state index in [1.807, 2.05) is 23.8 Å². The molecule has 0 spiro atoms. The molecule has 6 heteroatoms. The van der Waals surface area contributed by atoms with Crippen LogP contribution < -0.4 is 4.72 Å². The van der Waals surface area contributed by atoms with Crippen LogP contribution in [0.2, 0.25) is 0 Å². The Morgan fingerprint density at radius 2 is 2.29 bits per heavy atom. The van der Waals surface area contributed by atoms with Crippen molar-refractivity contribution >= 4 is 21.4 Å². The molecule has 0 saturated carbocycles. The average Bonchev–Trinajstić information content (AvgIpc) is 2.81. The smallest absolute Gasteiger partial charge is 0.211 e. The van der Waals surface area contributed by atoms with Crippen LogP contribution in [-0.2, 0) is 14.8 Å². The van der Waals surface area contributed by atoms with Crippen LogP contribution in [0.25, 0.3) is 0 Å². The fourth-order valence-electron chi connectivity index (χ4n) is 1.40. The normalized spacial score (nSPS) is 13.8. The average molecular weight is 277 g/mol. The molecule has 0 fully saturated rings. The second-order valence-electron chi connectivity index (χ2n) is 3.80. The van der Waals surface area contributed by atoms with E-state index in [1.54, 1.807) is 18.4 Å². The lowest BCUT2D eigenvalue weighted by molar-refractivity contribution is 0.107. The third-order valence-electron chi connectivity index (χ3n) is 2.45. The van der Waals surface area contributed by atoms with Crippen molar-refractivity contribution in [1.29, 1.82) is 0 Å². The van der Waals surface area contributed by atoms with Gasteiger partial charge in [0.2, 0.25) is 10.0 Å². The Balaban J connectivity index is 2.48. The van der Waals surface area contributed by atoms with Gasteiger partial charge < -0.3 is 4.74 Å². The molecule has 1 N–H and O–H groups in total. The van der Waals surface area contributed by atoms with E-state index < -0.39 is 10.0 Å². The molecular formula is C11H19NO3S2. The lowest BCUT2D eigenvalue weighted by Gasteiger charge is -2.15. The topological polar surface area (TPSA) is 55.4 Å². The second-order valence-corrected chi connectivity index (χ2v) is 6.51. The zero-order valence-electron chi connectivity index (χ0n) is 10.2. The first-order valence-electron chi connectivity index (χ1n) is 5.61. The standard InChI is InChI=1S/C11H19NO3S2/c1-3-4-7-17(13,14)12-8-11(15-2)10-5-6-16-9-10/h5-6,9,11-12H,3-4,7-8H2,1-2H3. The first-order chi connectivity index (χ1) is 8.09. The van der Waals surface area contributed by atoms with Crippen LogP contribution in [0.5, 0.6) is 0 Å². The first kappa shape index (κ1) is 14.6. The quantitative estimate of drug-likeness (QED) is 0.792. The fourth-order valence-corrected chi connectivity index (χ4v) is 3.32. The number of thiophene rings is 1. The fraction of sp³-hybridized carbons (Fsp3) is 0.636. The van der Waals surface area contributed by atoms with Crippen LogP contribution in [0.1, 0.15) is 31.4 Å². The molecule has 0 saturated heterocycles. The van der Waals surface area contributed by atoms with Gasteiger partial charge in [-0.2, -0.15) is 11.3 Å². The number of sulfonamides is 1. The maximum Gasteiger partial charge on any atom is 0.211 e. The van der Waals surface area contributed by atoms with Crippen molar-refractivity contribution in [1.82, 2.24) is 4.72 Å². The molecule has 0 aliphatic carbocycles. The Kier molecular flexibility index (Phi) is 6.11. The molecule has 1 aromatic heterocycles. The summed E-state index contributed by atoms with van der Waals surface area (Å²) in [6.45, 7) is 2.26. The molecule has 1 aromatic rings. The Morgan fingerprint density at radius 1 is 1.53 bits per heavy atom. The van der Waals surface area contributed by atoms with Gasteiger partial charge in [0.05, 0.1) is 11.9 Å². The van der Waals surface area contributed by atoms with Gasteiger partial charge in [-0.05, 0) is 28.8 Å². The summed E-state index contributed by atoms with van der Waals surface area (Å²) in [6, 6.07) is 1.94. The molecule has 4 nitrogen and oxygen atoms in total. The van der Waals surface area contributed by atoms with Crippen molar-refractivity contribution in [2.24, 2.45) is 0 Å². The van der Waals surface area contributed by atoms with Gasteiger partial charge in [0.1, 0.15) is 0 Å². The van der Waals surface area contributed by atoms with E-state index in [-0.39, 0.29) is 11.9 Å². The predicted octanol–water partition coefficient (Wildman–Crippen LogP) is 2.16. The maximum absolute atomic E-state index is 11.6. The van der Waals surface area contributed by atoms with Gasteiger partial charge >= 0.3 is 0 Å². The molecule has 1 unspecified atom stereocenters. The Hall–Kier alpha value is -0.430. The minimum Gasteiger partial charge on any atom is -0.375 e. The maximum atomic E-state index is 11.6. The van der Waals surface area contributed by atoms with E-state index in [0.717, 1.165) is 12.0 Å². The second kappa shape index (κ2) is 7.10. The van der Waals surface area contributed by atoms with Crippen LogP contribution in [0.4, 0.5) is 0 Å². The van der Waals surface area contributed by atoms with Crippen LogP contribution in [0.3, 0.4) is 0 Å². The van der Waals surface area contributed by atoms with Crippen LogP contribution >= 0.6 is 11.3 Å². The summed E-state index contributed by atoms with van der Waals surface area (Å²) in [5.74, 6) is 0.184. The van der Waals surface area contributed by atoms with Crippen molar-refractivity contribution in [3.05, 3.63) is 22.4 Å². The Morgan fingerprint density at radius 3 is 2.82 bits per heavy atom. The minimum atomic E-state index is -3.17. The molecule has 0 amide bonds. The van der Waals surface area contributed by atoms with E-state index >= 15 is 0 Å².